The standard InChI is InChI=1S/C15H20BrFO/c1-2-11-5-3-4-6-14(11)18-15-8-7-13(17)9-12(15)10-16/h7-9,11,14H,2-6,10H2,1H3. The summed E-state index contributed by atoms with van der Waals surface area (Å²) in [4.78, 5) is 0. The summed E-state index contributed by atoms with van der Waals surface area (Å²) in [7, 11) is 0. The molecule has 1 aromatic carbocycles. The van der Waals surface area contributed by atoms with Gasteiger partial charge in [0.2, 0.25) is 0 Å². The van der Waals surface area contributed by atoms with Crippen LogP contribution in [0.15, 0.2) is 18.2 Å². The average Bonchev–Trinajstić information content (AvgIpc) is 2.41. The lowest BCUT2D eigenvalue weighted by atomic mass is 9.84. The van der Waals surface area contributed by atoms with Gasteiger partial charge >= 0.3 is 0 Å². The van der Waals surface area contributed by atoms with Crippen LogP contribution in [0.25, 0.3) is 0 Å². The molecule has 0 radical (unpaired) electrons. The van der Waals surface area contributed by atoms with Crippen molar-refractivity contribution in [1.29, 1.82) is 0 Å². The fraction of sp³-hybridized carbons (Fsp3) is 0.600. The lowest BCUT2D eigenvalue weighted by Crippen LogP contribution is -2.30. The fourth-order valence-corrected chi connectivity index (χ4v) is 3.16. The molecule has 2 unspecified atom stereocenters. The molecule has 0 bridgehead atoms. The van der Waals surface area contributed by atoms with E-state index in [1.807, 2.05) is 0 Å². The zero-order chi connectivity index (χ0) is 13.0. The minimum atomic E-state index is -0.201. The highest BCUT2D eigenvalue weighted by Crippen LogP contribution is 2.32. The molecule has 2 rings (SSSR count). The molecule has 3 heteroatoms. The van der Waals surface area contributed by atoms with Crippen molar-refractivity contribution in [1.82, 2.24) is 0 Å². The van der Waals surface area contributed by atoms with Crippen LogP contribution in [0.4, 0.5) is 4.39 Å². The van der Waals surface area contributed by atoms with Gasteiger partial charge < -0.3 is 4.74 Å². The summed E-state index contributed by atoms with van der Waals surface area (Å²) in [6.45, 7) is 2.22. The molecule has 1 aliphatic rings. The van der Waals surface area contributed by atoms with Gasteiger partial charge in [0.15, 0.2) is 0 Å². The van der Waals surface area contributed by atoms with E-state index in [0.29, 0.717) is 17.4 Å². The maximum atomic E-state index is 13.2. The van der Waals surface area contributed by atoms with E-state index in [9.17, 15) is 4.39 Å². The average molecular weight is 315 g/mol. The maximum absolute atomic E-state index is 13.2. The number of halogens is 2. The van der Waals surface area contributed by atoms with Crippen LogP contribution in [0.2, 0.25) is 0 Å². The molecule has 1 nitrogen and oxygen atoms in total. The highest BCUT2D eigenvalue weighted by atomic mass is 79.9. The normalized spacial score (nSPS) is 23.9. The van der Waals surface area contributed by atoms with Gasteiger partial charge in [0, 0.05) is 10.9 Å². The summed E-state index contributed by atoms with van der Waals surface area (Å²) < 4.78 is 19.3. The maximum Gasteiger partial charge on any atom is 0.123 e. The molecule has 1 aliphatic carbocycles. The summed E-state index contributed by atoms with van der Waals surface area (Å²) in [6, 6.07) is 4.78. The molecule has 0 aromatic heterocycles. The van der Waals surface area contributed by atoms with E-state index in [1.54, 1.807) is 12.1 Å². The monoisotopic (exact) mass is 314 g/mol. The Hall–Kier alpha value is -0.570. The van der Waals surface area contributed by atoms with Gasteiger partial charge in [0.25, 0.3) is 0 Å². The smallest absolute Gasteiger partial charge is 0.123 e. The van der Waals surface area contributed by atoms with Gasteiger partial charge in [0.1, 0.15) is 17.7 Å². The van der Waals surface area contributed by atoms with E-state index in [0.717, 1.165) is 24.2 Å². The van der Waals surface area contributed by atoms with Crippen molar-refractivity contribution in [2.45, 2.75) is 50.5 Å². The van der Waals surface area contributed by atoms with Crippen LogP contribution in [0.5, 0.6) is 5.75 Å². The molecule has 1 aromatic rings. The Morgan fingerprint density at radius 1 is 1.33 bits per heavy atom. The van der Waals surface area contributed by atoms with Crippen LogP contribution in [0, 0.1) is 11.7 Å². The first-order valence-electron chi connectivity index (χ1n) is 6.75. The third-order valence-electron chi connectivity index (χ3n) is 3.81. The minimum Gasteiger partial charge on any atom is -0.490 e. The number of hydrogen-bond acceptors (Lipinski definition) is 1. The SMILES string of the molecule is CCC1CCCCC1Oc1ccc(F)cc1CBr. The Balaban J connectivity index is 2.12. The molecular formula is C15H20BrFO. The second-order valence-corrected chi connectivity index (χ2v) is 5.56. The zero-order valence-corrected chi connectivity index (χ0v) is 12.4. The van der Waals surface area contributed by atoms with Gasteiger partial charge in [-0.15, -0.1) is 0 Å². The van der Waals surface area contributed by atoms with Crippen molar-refractivity contribution < 1.29 is 9.13 Å². The molecule has 100 valence electrons. The van der Waals surface area contributed by atoms with Crippen molar-refractivity contribution in [2.24, 2.45) is 5.92 Å². The molecule has 2 atom stereocenters. The lowest BCUT2D eigenvalue weighted by Gasteiger charge is -2.31. The molecule has 0 amide bonds. The van der Waals surface area contributed by atoms with Crippen molar-refractivity contribution in [3.05, 3.63) is 29.6 Å². The third-order valence-corrected chi connectivity index (χ3v) is 4.41. The minimum absolute atomic E-state index is 0.201. The van der Waals surface area contributed by atoms with Gasteiger partial charge in [0.05, 0.1) is 0 Å². The Morgan fingerprint density at radius 2 is 2.11 bits per heavy atom. The predicted molar refractivity (Wildman–Crippen MR) is 75.7 cm³/mol. The number of hydrogen-bond donors (Lipinski definition) is 0. The zero-order valence-electron chi connectivity index (χ0n) is 10.8. The Labute approximate surface area is 117 Å². The second-order valence-electron chi connectivity index (χ2n) is 4.99. The summed E-state index contributed by atoms with van der Waals surface area (Å²) in [5.41, 5.74) is 0.899. The molecular weight excluding hydrogens is 295 g/mol. The van der Waals surface area contributed by atoms with Crippen molar-refractivity contribution in [3.63, 3.8) is 0 Å². The molecule has 0 N–H and O–H groups in total. The van der Waals surface area contributed by atoms with Crippen molar-refractivity contribution in [3.8, 4) is 5.75 Å². The lowest BCUT2D eigenvalue weighted by molar-refractivity contribution is 0.0895. The molecule has 0 aliphatic heterocycles. The van der Waals surface area contributed by atoms with Crippen LogP contribution in [-0.4, -0.2) is 6.10 Å². The number of benzene rings is 1. The van der Waals surface area contributed by atoms with Gasteiger partial charge in [-0.25, -0.2) is 4.39 Å². The molecule has 0 saturated heterocycles. The van der Waals surface area contributed by atoms with Crippen molar-refractivity contribution >= 4 is 15.9 Å². The van der Waals surface area contributed by atoms with Crippen LogP contribution < -0.4 is 4.74 Å². The van der Waals surface area contributed by atoms with Crippen LogP contribution in [0.1, 0.15) is 44.6 Å². The fourth-order valence-electron chi connectivity index (χ4n) is 2.73. The van der Waals surface area contributed by atoms with Gasteiger partial charge in [-0.2, -0.15) is 0 Å². The highest BCUT2D eigenvalue weighted by Gasteiger charge is 2.25. The first-order chi connectivity index (χ1) is 8.74. The van der Waals surface area contributed by atoms with E-state index in [2.05, 4.69) is 22.9 Å². The Morgan fingerprint density at radius 3 is 2.83 bits per heavy atom. The van der Waals surface area contributed by atoms with Gasteiger partial charge in [-0.1, -0.05) is 29.3 Å². The van der Waals surface area contributed by atoms with Crippen molar-refractivity contribution in [2.75, 3.05) is 0 Å². The van der Waals surface area contributed by atoms with E-state index < -0.39 is 0 Å². The summed E-state index contributed by atoms with van der Waals surface area (Å²) in [5.74, 6) is 1.28. The number of rotatable bonds is 4. The van der Waals surface area contributed by atoms with E-state index in [-0.39, 0.29) is 5.82 Å². The molecule has 0 heterocycles. The number of alkyl halides is 1. The first kappa shape index (κ1) is 13.9. The Kier molecular flexibility index (Phi) is 5.04. The van der Waals surface area contributed by atoms with Gasteiger partial charge in [-0.05, 0) is 49.8 Å². The molecule has 1 saturated carbocycles. The quantitative estimate of drug-likeness (QED) is 0.705. The van der Waals surface area contributed by atoms with E-state index >= 15 is 0 Å². The largest absolute Gasteiger partial charge is 0.490 e. The summed E-state index contributed by atoms with van der Waals surface area (Å²) in [6.07, 6.45) is 6.39. The first-order valence-corrected chi connectivity index (χ1v) is 7.87. The topological polar surface area (TPSA) is 9.23 Å². The number of ether oxygens (including phenoxy) is 1. The molecule has 18 heavy (non-hydrogen) atoms. The third kappa shape index (κ3) is 3.25. The summed E-state index contributed by atoms with van der Waals surface area (Å²) >= 11 is 3.39. The predicted octanol–water partition coefficient (Wildman–Crippen LogP) is 5.07. The summed E-state index contributed by atoms with van der Waals surface area (Å²) in [5, 5.41) is 0.629. The van der Waals surface area contributed by atoms with Gasteiger partial charge in [-0.3, -0.25) is 0 Å². The molecule has 1 fully saturated rings. The molecule has 0 spiro atoms. The van der Waals surface area contributed by atoms with Crippen LogP contribution in [-0.2, 0) is 5.33 Å². The van der Waals surface area contributed by atoms with E-state index in [4.69, 9.17) is 4.74 Å². The second kappa shape index (κ2) is 6.55. The highest BCUT2D eigenvalue weighted by molar-refractivity contribution is 9.08. The Bertz CT molecular complexity index is 394. The van der Waals surface area contributed by atoms with Crippen LogP contribution in [0.3, 0.4) is 0 Å². The van der Waals surface area contributed by atoms with Crippen LogP contribution >= 0.6 is 15.9 Å². The van der Waals surface area contributed by atoms with E-state index in [1.165, 1.54) is 25.3 Å².